The molecule has 1 amide bonds. The van der Waals surface area contributed by atoms with E-state index < -0.39 is 0 Å². The first-order chi connectivity index (χ1) is 10.3. The third-order valence-electron chi connectivity index (χ3n) is 3.84. The molecule has 0 aliphatic heterocycles. The fourth-order valence-electron chi connectivity index (χ4n) is 2.43. The molecule has 0 fully saturated rings. The predicted octanol–water partition coefficient (Wildman–Crippen LogP) is 2.34. The van der Waals surface area contributed by atoms with E-state index in [2.05, 4.69) is 17.1 Å². The van der Waals surface area contributed by atoms with E-state index in [0.717, 1.165) is 29.2 Å². The van der Waals surface area contributed by atoms with Crippen molar-refractivity contribution in [2.75, 3.05) is 7.05 Å². The molecule has 0 aromatic carbocycles. The van der Waals surface area contributed by atoms with Crippen LogP contribution in [-0.2, 0) is 24.4 Å². The van der Waals surface area contributed by atoms with E-state index in [1.54, 1.807) is 22.8 Å². The fraction of sp³-hybridized carbons (Fsp3) is 0.533. The first-order valence-corrected chi connectivity index (χ1v) is 7.67. The number of aromatic nitrogens is 4. The van der Waals surface area contributed by atoms with Crippen LogP contribution in [0.25, 0.3) is 0 Å². The van der Waals surface area contributed by atoms with Gasteiger partial charge in [-0.3, -0.25) is 14.2 Å². The Morgan fingerprint density at radius 2 is 1.95 bits per heavy atom. The molecule has 2 aromatic rings. The summed E-state index contributed by atoms with van der Waals surface area (Å²) in [7, 11) is 1.79. The summed E-state index contributed by atoms with van der Waals surface area (Å²) < 4.78 is 3.53. The summed E-state index contributed by atoms with van der Waals surface area (Å²) >= 11 is 5.96. The second-order valence-electron chi connectivity index (χ2n) is 5.47. The molecule has 6 nitrogen and oxygen atoms in total. The van der Waals surface area contributed by atoms with Crippen molar-refractivity contribution in [2.24, 2.45) is 0 Å². The van der Waals surface area contributed by atoms with Gasteiger partial charge >= 0.3 is 0 Å². The molecule has 0 spiro atoms. The summed E-state index contributed by atoms with van der Waals surface area (Å²) in [6, 6.07) is 0. The molecule has 2 aromatic heterocycles. The molecule has 7 heteroatoms. The van der Waals surface area contributed by atoms with Gasteiger partial charge in [0.05, 0.1) is 16.4 Å². The van der Waals surface area contributed by atoms with E-state index in [1.165, 1.54) is 0 Å². The van der Waals surface area contributed by atoms with Gasteiger partial charge < -0.3 is 4.90 Å². The van der Waals surface area contributed by atoms with Crippen LogP contribution in [-0.4, -0.2) is 37.4 Å². The van der Waals surface area contributed by atoms with Crippen LogP contribution in [0.5, 0.6) is 0 Å². The number of carbonyl (C=O) groups is 1. The lowest BCUT2D eigenvalue weighted by molar-refractivity contribution is -0.131. The fourth-order valence-corrected chi connectivity index (χ4v) is 2.58. The highest BCUT2D eigenvalue weighted by atomic mass is 35.5. The molecule has 0 aliphatic rings. The zero-order chi connectivity index (χ0) is 16.4. The van der Waals surface area contributed by atoms with Gasteiger partial charge in [-0.15, -0.1) is 0 Å². The summed E-state index contributed by atoms with van der Waals surface area (Å²) in [6.07, 6.45) is 1.67. The SMILES string of the molecule is CCn1nc(C)c(CN(C)C(=O)Cn2cc(Cl)c(C)n2)c1C. The Hall–Kier alpha value is -1.82. The number of halogens is 1. The molecule has 0 radical (unpaired) electrons. The van der Waals surface area contributed by atoms with Crippen LogP contribution in [0.4, 0.5) is 0 Å². The second kappa shape index (κ2) is 6.52. The van der Waals surface area contributed by atoms with E-state index in [-0.39, 0.29) is 12.5 Å². The Bertz CT molecular complexity index is 669. The predicted molar refractivity (Wildman–Crippen MR) is 85.8 cm³/mol. The molecule has 0 aliphatic carbocycles. The summed E-state index contributed by atoms with van der Waals surface area (Å²) in [5.74, 6) is -0.0118. The van der Waals surface area contributed by atoms with Gasteiger partial charge in [-0.05, 0) is 27.7 Å². The van der Waals surface area contributed by atoms with E-state index in [0.29, 0.717) is 11.6 Å². The molecular formula is C15H22ClN5O. The van der Waals surface area contributed by atoms with Crippen LogP contribution in [0.3, 0.4) is 0 Å². The number of hydrogen-bond donors (Lipinski definition) is 0. The maximum Gasteiger partial charge on any atom is 0.244 e. The maximum absolute atomic E-state index is 12.3. The van der Waals surface area contributed by atoms with Crippen molar-refractivity contribution in [3.05, 3.63) is 33.9 Å². The average molecular weight is 324 g/mol. The normalized spacial score (nSPS) is 11.0. The van der Waals surface area contributed by atoms with Crippen LogP contribution in [0, 0.1) is 20.8 Å². The van der Waals surface area contributed by atoms with Crippen LogP contribution in [0.15, 0.2) is 6.20 Å². The van der Waals surface area contributed by atoms with Gasteiger partial charge in [0.1, 0.15) is 6.54 Å². The maximum atomic E-state index is 12.3. The Morgan fingerprint density at radius 1 is 1.27 bits per heavy atom. The number of rotatable bonds is 5. The van der Waals surface area contributed by atoms with Crippen molar-refractivity contribution >= 4 is 17.5 Å². The quantitative estimate of drug-likeness (QED) is 0.848. The highest BCUT2D eigenvalue weighted by Crippen LogP contribution is 2.16. The third kappa shape index (κ3) is 3.32. The molecule has 22 heavy (non-hydrogen) atoms. The first-order valence-electron chi connectivity index (χ1n) is 7.29. The van der Waals surface area contributed by atoms with Crippen LogP contribution < -0.4 is 0 Å². The molecule has 2 rings (SSSR count). The Balaban J connectivity index is 2.07. The molecule has 2 heterocycles. The Morgan fingerprint density at radius 3 is 2.45 bits per heavy atom. The molecular weight excluding hydrogens is 302 g/mol. The summed E-state index contributed by atoms with van der Waals surface area (Å²) in [4.78, 5) is 14.0. The lowest BCUT2D eigenvalue weighted by atomic mass is 10.2. The lowest BCUT2D eigenvalue weighted by Crippen LogP contribution is -2.30. The van der Waals surface area contributed by atoms with Crippen molar-refractivity contribution in [1.82, 2.24) is 24.5 Å². The van der Waals surface area contributed by atoms with Crippen molar-refractivity contribution in [3.8, 4) is 0 Å². The number of nitrogens with zero attached hydrogens (tertiary/aromatic N) is 5. The largest absolute Gasteiger partial charge is 0.340 e. The van der Waals surface area contributed by atoms with E-state index >= 15 is 0 Å². The van der Waals surface area contributed by atoms with E-state index in [9.17, 15) is 4.79 Å². The molecule has 0 atom stereocenters. The minimum Gasteiger partial charge on any atom is -0.340 e. The van der Waals surface area contributed by atoms with Crippen LogP contribution in [0.2, 0.25) is 5.02 Å². The average Bonchev–Trinajstić information content (AvgIpc) is 2.91. The smallest absolute Gasteiger partial charge is 0.244 e. The van der Waals surface area contributed by atoms with Crippen LogP contribution in [0.1, 0.15) is 29.6 Å². The highest BCUT2D eigenvalue weighted by molar-refractivity contribution is 6.31. The molecule has 0 saturated heterocycles. The molecule has 120 valence electrons. The van der Waals surface area contributed by atoms with E-state index in [1.807, 2.05) is 25.5 Å². The number of hydrogen-bond acceptors (Lipinski definition) is 3. The summed E-state index contributed by atoms with van der Waals surface area (Å²) in [5, 5.41) is 9.27. The molecule has 0 unspecified atom stereocenters. The van der Waals surface area contributed by atoms with E-state index in [4.69, 9.17) is 11.6 Å². The van der Waals surface area contributed by atoms with Gasteiger partial charge in [0.25, 0.3) is 0 Å². The Labute approximate surface area is 135 Å². The topological polar surface area (TPSA) is 56.0 Å². The molecule has 0 bridgehead atoms. The highest BCUT2D eigenvalue weighted by Gasteiger charge is 2.17. The number of amides is 1. The number of aryl methyl sites for hydroxylation is 3. The minimum atomic E-state index is -0.0118. The van der Waals surface area contributed by atoms with Gasteiger partial charge in [-0.1, -0.05) is 11.6 Å². The lowest BCUT2D eigenvalue weighted by Gasteiger charge is -2.17. The number of carbonyl (C=O) groups excluding carboxylic acids is 1. The van der Waals surface area contributed by atoms with Gasteiger partial charge in [0, 0.05) is 37.6 Å². The van der Waals surface area contributed by atoms with Gasteiger partial charge in [0.15, 0.2) is 0 Å². The Kier molecular flexibility index (Phi) is 4.90. The zero-order valence-corrected chi connectivity index (χ0v) is 14.5. The molecule has 0 N–H and O–H groups in total. The van der Waals surface area contributed by atoms with Gasteiger partial charge in [-0.25, -0.2) is 0 Å². The monoisotopic (exact) mass is 323 g/mol. The van der Waals surface area contributed by atoms with Crippen molar-refractivity contribution in [3.63, 3.8) is 0 Å². The summed E-state index contributed by atoms with van der Waals surface area (Å²) in [5.41, 5.74) is 3.91. The first kappa shape index (κ1) is 16.5. The van der Waals surface area contributed by atoms with Crippen molar-refractivity contribution in [2.45, 2.75) is 47.3 Å². The van der Waals surface area contributed by atoms with Crippen molar-refractivity contribution in [1.29, 1.82) is 0 Å². The standard InChI is InChI=1S/C15H22ClN5O/c1-6-21-12(4)13(10(2)18-21)7-19(5)15(22)9-20-8-14(16)11(3)17-20/h8H,6-7,9H2,1-5H3. The second-order valence-corrected chi connectivity index (χ2v) is 5.88. The third-order valence-corrected chi connectivity index (χ3v) is 4.21. The van der Waals surface area contributed by atoms with Gasteiger partial charge in [-0.2, -0.15) is 10.2 Å². The zero-order valence-electron chi connectivity index (χ0n) is 13.7. The van der Waals surface area contributed by atoms with Crippen molar-refractivity contribution < 1.29 is 4.79 Å². The molecule has 0 saturated carbocycles. The summed E-state index contributed by atoms with van der Waals surface area (Å²) in [6.45, 7) is 9.45. The number of likely N-dealkylation sites (N-methyl/N-ethyl adjacent to an activating group) is 1. The minimum absolute atomic E-state index is 0.0118. The van der Waals surface area contributed by atoms with Crippen LogP contribution >= 0.6 is 11.6 Å². The van der Waals surface area contributed by atoms with Gasteiger partial charge in [0.2, 0.25) is 5.91 Å².